The molecule has 0 saturated carbocycles. The fourth-order valence-electron chi connectivity index (χ4n) is 2.35. The Balaban J connectivity index is 2.02. The predicted octanol–water partition coefficient (Wildman–Crippen LogP) is 1.27. The molecular formula is C14H20N2O2. The van der Waals surface area contributed by atoms with Gasteiger partial charge in [-0.25, -0.2) is 4.79 Å². The van der Waals surface area contributed by atoms with E-state index in [1.54, 1.807) is 6.07 Å². The van der Waals surface area contributed by atoms with Crippen molar-refractivity contribution in [1.29, 1.82) is 0 Å². The summed E-state index contributed by atoms with van der Waals surface area (Å²) in [6.45, 7) is 3.00. The van der Waals surface area contributed by atoms with Gasteiger partial charge in [-0.05, 0) is 37.7 Å². The van der Waals surface area contributed by atoms with Gasteiger partial charge in [-0.15, -0.1) is 0 Å². The van der Waals surface area contributed by atoms with Gasteiger partial charge in [0.2, 0.25) is 0 Å². The molecule has 1 aromatic rings. The minimum absolute atomic E-state index is 0.276. The van der Waals surface area contributed by atoms with Crippen molar-refractivity contribution < 1.29 is 9.53 Å². The standard InChI is InChI=1S/C14H20N2O2/c1-16(13-6-7-15-9-13)10-11-4-3-5-12(8-11)14(17)18-2/h3-5,8,13,15H,6-7,9-10H2,1-2H3. The smallest absolute Gasteiger partial charge is 0.337 e. The summed E-state index contributed by atoms with van der Waals surface area (Å²) in [6.07, 6.45) is 1.19. The van der Waals surface area contributed by atoms with Gasteiger partial charge in [-0.1, -0.05) is 12.1 Å². The summed E-state index contributed by atoms with van der Waals surface area (Å²) in [4.78, 5) is 13.8. The summed E-state index contributed by atoms with van der Waals surface area (Å²) in [5, 5.41) is 3.36. The van der Waals surface area contributed by atoms with E-state index < -0.39 is 0 Å². The van der Waals surface area contributed by atoms with E-state index in [1.165, 1.54) is 13.5 Å². The number of benzene rings is 1. The Morgan fingerprint density at radius 1 is 1.56 bits per heavy atom. The van der Waals surface area contributed by atoms with Crippen molar-refractivity contribution in [3.8, 4) is 0 Å². The maximum Gasteiger partial charge on any atom is 0.337 e. The van der Waals surface area contributed by atoms with Crippen LogP contribution in [0.15, 0.2) is 24.3 Å². The van der Waals surface area contributed by atoms with Gasteiger partial charge in [0.15, 0.2) is 0 Å². The Bertz CT molecular complexity index is 414. The van der Waals surface area contributed by atoms with E-state index in [1.807, 2.05) is 18.2 Å². The Kier molecular flexibility index (Phi) is 4.33. The third kappa shape index (κ3) is 3.09. The molecule has 1 unspecified atom stereocenters. The molecule has 0 bridgehead atoms. The average Bonchev–Trinajstić information content (AvgIpc) is 2.92. The van der Waals surface area contributed by atoms with Crippen LogP contribution < -0.4 is 5.32 Å². The maximum atomic E-state index is 11.5. The zero-order valence-corrected chi connectivity index (χ0v) is 11.0. The first-order chi connectivity index (χ1) is 8.70. The quantitative estimate of drug-likeness (QED) is 0.815. The number of hydrogen-bond donors (Lipinski definition) is 1. The molecule has 0 aromatic heterocycles. The van der Waals surface area contributed by atoms with Crippen LogP contribution >= 0.6 is 0 Å². The highest BCUT2D eigenvalue weighted by Crippen LogP contribution is 2.13. The molecule has 2 rings (SSSR count). The molecule has 1 N–H and O–H groups in total. The molecule has 0 amide bonds. The fraction of sp³-hybridized carbons (Fsp3) is 0.500. The number of esters is 1. The number of ether oxygens (including phenoxy) is 1. The number of nitrogens with one attached hydrogen (secondary N) is 1. The van der Waals surface area contributed by atoms with Crippen LogP contribution in [-0.2, 0) is 11.3 Å². The summed E-state index contributed by atoms with van der Waals surface area (Å²) in [5.74, 6) is -0.276. The van der Waals surface area contributed by atoms with Crippen LogP contribution in [0.1, 0.15) is 22.3 Å². The Morgan fingerprint density at radius 3 is 3.06 bits per heavy atom. The van der Waals surface area contributed by atoms with Crippen molar-refractivity contribution >= 4 is 5.97 Å². The lowest BCUT2D eigenvalue weighted by Crippen LogP contribution is -2.32. The van der Waals surface area contributed by atoms with Gasteiger partial charge in [-0.3, -0.25) is 4.90 Å². The third-order valence-corrected chi connectivity index (χ3v) is 3.44. The van der Waals surface area contributed by atoms with Crippen molar-refractivity contribution in [2.45, 2.75) is 19.0 Å². The summed E-state index contributed by atoms with van der Waals surface area (Å²) in [6, 6.07) is 8.23. The number of carbonyl (C=O) groups is 1. The van der Waals surface area contributed by atoms with Crippen LogP contribution in [0.25, 0.3) is 0 Å². The van der Waals surface area contributed by atoms with Gasteiger partial charge in [-0.2, -0.15) is 0 Å². The molecular weight excluding hydrogens is 228 g/mol. The highest BCUT2D eigenvalue weighted by atomic mass is 16.5. The maximum absolute atomic E-state index is 11.5. The van der Waals surface area contributed by atoms with E-state index in [0.717, 1.165) is 25.2 Å². The molecule has 4 heteroatoms. The molecule has 4 nitrogen and oxygen atoms in total. The topological polar surface area (TPSA) is 41.6 Å². The van der Waals surface area contributed by atoms with Crippen molar-refractivity contribution in [3.05, 3.63) is 35.4 Å². The Hall–Kier alpha value is -1.39. The van der Waals surface area contributed by atoms with E-state index in [2.05, 4.69) is 17.3 Å². The molecule has 1 atom stereocenters. The number of rotatable bonds is 4. The molecule has 1 aliphatic heterocycles. The molecule has 1 aliphatic rings. The SMILES string of the molecule is COC(=O)c1cccc(CN(C)C2CCNC2)c1. The minimum Gasteiger partial charge on any atom is -0.465 e. The second-order valence-electron chi connectivity index (χ2n) is 4.75. The second-order valence-corrected chi connectivity index (χ2v) is 4.75. The Labute approximate surface area is 108 Å². The van der Waals surface area contributed by atoms with Crippen LogP contribution in [0.3, 0.4) is 0 Å². The average molecular weight is 248 g/mol. The number of hydrogen-bond acceptors (Lipinski definition) is 4. The molecule has 1 aromatic carbocycles. The molecule has 1 heterocycles. The van der Waals surface area contributed by atoms with Crippen LogP contribution in [0.4, 0.5) is 0 Å². The van der Waals surface area contributed by atoms with Crippen LogP contribution in [0.2, 0.25) is 0 Å². The Morgan fingerprint density at radius 2 is 2.39 bits per heavy atom. The third-order valence-electron chi connectivity index (χ3n) is 3.44. The predicted molar refractivity (Wildman–Crippen MR) is 70.5 cm³/mol. The van der Waals surface area contributed by atoms with E-state index in [0.29, 0.717) is 11.6 Å². The number of likely N-dealkylation sites (N-methyl/N-ethyl adjacent to an activating group) is 1. The van der Waals surface area contributed by atoms with Crippen molar-refractivity contribution in [2.75, 3.05) is 27.2 Å². The number of carbonyl (C=O) groups excluding carboxylic acids is 1. The molecule has 0 spiro atoms. The lowest BCUT2D eigenvalue weighted by atomic mass is 10.1. The molecule has 0 aliphatic carbocycles. The lowest BCUT2D eigenvalue weighted by molar-refractivity contribution is 0.0600. The zero-order chi connectivity index (χ0) is 13.0. The van der Waals surface area contributed by atoms with Gasteiger partial charge in [0, 0.05) is 19.1 Å². The van der Waals surface area contributed by atoms with Gasteiger partial charge in [0.05, 0.1) is 12.7 Å². The zero-order valence-electron chi connectivity index (χ0n) is 11.0. The minimum atomic E-state index is -0.276. The summed E-state index contributed by atoms with van der Waals surface area (Å²) < 4.78 is 4.73. The van der Waals surface area contributed by atoms with Gasteiger partial charge in [0.1, 0.15) is 0 Å². The molecule has 1 saturated heterocycles. The lowest BCUT2D eigenvalue weighted by Gasteiger charge is -2.23. The molecule has 1 fully saturated rings. The van der Waals surface area contributed by atoms with Crippen LogP contribution in [0, 0.1) is 0 Å². The van der Waals surface area contributed by atoms with Gasteiger partial charge < -0.3 is 10.1 Å². The van der Waals surface area contributed by atoms with Crippen molar-refractivity contribution in [1.82, 2.24) is 10.2 Å². The van der Waals surface area contributed by atoms with Crippen molar-refractivity contribution in [2.24, 2.45) is 0 Å². The number of methoxy groups -OCH3 is 1. The normalized spacial score (nSPS) is 19.2. The van der Waals surface area contributed by atoms with Crippen LogP contribution in [-0.4, -0.2) is 44.2 Å². The van der Waals surface area contributed by atoms with Gasteiger partial charge >= 0.3 is 5.97 Å². The highest BCUT2D eigenvalue weighted by Gasteiger charge is 2.19. The molecule has 0 radical (unpaired) electrons. The summed E-state index contributed by atoms with van der Waals surface area (Å²) in [7, 11) is 3.54. The first-order valence-electron chi connectivity index (χ1n) is 6.29. The highest BCUT2D eigenvalue weighted by molar-refractivity contribution is 5.89. The van der Waals surface area contributed by atoms with Crippen molar-refractivity contribution in [3.63, 3.8) is 0 Å². The summed E-state index contributed by atoms with van der Waals surface area (Å²) in [5.41, 5.74) is 1.76. The van der Waals surface area contributed by atoms with E-state index in [4.69, 9.17) is 4.74 Å². The first kappa shape index (κ1) is 13.1. The molecule has 98 valence electrons. The van der Waals surface area contributed by atoms with E-state index >= 15 is 0 Å². The fourth-order valence-corrected chi connectivity index (χ4v) is 2.35. The largest absolute Gasteiger partial charge is 0.465 e. The van der Waals surface area contributed by atoms with E-state index in [9.17, 15) is 4.79 Å². The molecule has 18 heavy (non-hydrogen) atoms. The number of nitrogens with zero attached hydrogens (tertiary/aromatic N) is 1. The first-order valence-corrected chi connectivity index (χ1v) is 6.29. The summed E-state index contributed by atoms with van der Waals surface area (Å²) >= 11 is 0. The monoisotopic (exact) mass is 248 g/mol. The van der Waals surface area contributed by atoms with Crippen LogP contribution in [0.5, 0.6) is 0 Å². The van der Waals surface area contributed by atoms with Gasteiger partial charge in [0.25, 0.3) is 0 Å². The van der Waals surface area contributed by atoms with E-state index in [-0.39, 0.29) is 5.97 Å². The second kappa shape index (κ2) is 5.98.